The van der Waals surface area contributed by atoms with Gasteiger partial charge in [0.25, 0.3) is 0 Å². The Morgan fingerprint density at radius 3 is 2.76 bits per heavy atom. The van der Waals surface area contributed by atoms with Crippen LogP contribution in [0.4, 0.5) is 4.39 Å². The summed E-state index contributed by atoms with van der Waals surface area (Å²) in [6.45, 7) is 2.38. The van der Waals surface area contributed by atoms with E-state index in [9.17, 15) is 4.39 Å². The molecule has 0 spiro atoms. The highest BCUT2D eigenvalue weighted by atomic mass is 19.1. The van der Waals surface area contributed by atoms with Crippen molar-refractivity contribution >= 4 is 10.9 Å². The number of aromatic nitrogens is 2. The largest absolute Gasteiger partial charge is 0.330 e. The molecule has 0 amide bonds. The second-order valence-electron chi connectivity index (χ2n) is 5.03. The first kappa shape index (κ1) is 13.6. The van der Waals surface area contributed by atoms with Crippen LogP contribution < -0.4 is 5.73 Å². The highest BCUT2D eigenvalue weighted by molar-refractivity contribution is 5.96. The standard InChI is InChI=1S/C17H16FN3/c1-11-8-13(18)9-14-16(15-4-2-3-7-20-15)12(5-6-19)10-21-17(11)14/h2-4,7-10H,5-6,19H2,1H3. The summed E-state index contributed by atoms with van der Waals surface area (Å²) in [7, 11) is 0. The first-order valence-electron chi connectivity index (χ1n) is 6.90. The SMILES string of the molecule is Cc1cc(F)cc2c(-c3ccccn3)c(CCN)cnc12. The summed E-state index contributed by atoms with van der Waals surface area (Å²) < 4.78 is 13.8. The van der Waals surface area contributed by atoms with Crippen molar-refractivity contribution in [1.82, 2.24) is 9.97 Å². The molecule has 0 unspecified atom stereocenters. The minimum absolute atomic E-state index is 0.260. The van der Waals surface area contributed by atoms with Crippen molar-refractivity contribution in [3.63, 3.8) is 0 Å². The fourth-order valence-electron chi connectivity index (χ4n) is 2.64. The van der Waals surface area contributed by atoms with Crippen LogP contribution in [-0.4, -0.2) is 16.5 Å². The van der Waals surface area contributed by atoms with Crippen molar-refractivity contribution in [2.75, 3.05) is 6.54 Å². The highest BCUT2D eigenvalue weighted by Crippen LogP contribution is 2.32. The number of hydrogen-bond donors (Lipinski definition) is 1. The molecular formula is C17H16FN3. The maximum atomic E-state index is 13.8. The van der Waals surface area contributed by atoms with Crippen LogP contribution in [0.1, 0.15) is 11.1 Å². The molecule has 0 fully saturated rings. The molecular weight excluding hydrogens is 265 g/mol. The third-order valence-electron chi connectivity index (χ3n) is 3.54. The molecule has 0 atom stereocenters. The Kier molecular flexibility index (Phi) is 3.62. The van der Waals surface area contributed by atoms with Crippen LogP contribution in [0.15, 0.2) is 42.7 Å². The van der Waals surface area contributed by atoms with Crippen molar-refractivity contribution in [1.29, 1.82) is 0 Å². The fourth-order valence-corrected chi connectivity index (χ4v) is 2.64. The molecule has 0 bridgehead atoms. The average molecular weight is 281 g/mol. The van der Waals surface area contributed by atoms with Crippen LogP contribution in [0, 0.1) is 12.7 Å². The molecule has 3 rings (SSSR count). The van der Waals surface area contributed by atoms with E-state index in [-0.39, 0.29) is 5.82 Å². The molecule has 1 aromatic carbocycles. The Bertz CT molecular complexity index is 785. The van der Waals surface area contributed by atoms with Gasteiger partial charge in [0.15, 0.2) is 0 Å². The minimum Gasteiger partial charge on any atom is -0.330 e. The first-order chi connectivity index (χ1) is 10.2. The lowest BCUT2D eigenvalue weighted by Gasteiger charge is -2.13. The van der Waals surface area contributed by atoms with Gasteiger partial charge in [-0.1, -0.05) is 6.07 Å². The third kappa shape index (κ3) is 2.50. The summed E-state index contributed by atoms with van der Waals surface area (Å²) in [6.07, 6.45) is 4.24. The van der Waals surface area contributed by atoms with Crippen molar-refractivity contribution in [3.8, 4) is 11.3 Å². The number of halogens is 1. The van der Waals surface area contributed by atoms with Gasteiger partial charge in [0.1, 0.15) is 5.82 Å². The van der Waals surface area contributed by atoms with E-state index in [0.717, 1.165) is 33.3 Å². The second-order valence-corrected chi connectivity index (χ2v) is 5.03. The minimum atomic E-state index is -0.260. The maximum Gasteiger partial charge on any atom is 0.124 e. The smallest absolute Gasteiger partial charge is 0.124 e. The van der Waals surface area contributed by atoms with E-state index in [4.69, 9.17) is 5.73 Å². The van der Waals surface area contributed by atoms with Gasteiger partial charge in [0.2, 0.25) is 0 Å². The lowest BCUT2D eigenvalue weighted by atomic mass is 9.96. The van der Waals surface area contributed by atoms with Crippen molar-refractivity contribution in [2.45, 2.75) is 13.3 Å². The molecule has 0 aliphatic carbocycles. The normalized spacial score (nSPS) is 11.0. The van der Waals surface area contributed by atoms with E-state index in [1.807, 2.05) is 31.3 Å². The zero-order chi connectivity index (χ0) is 14.8. The molecule has 21 heavy (non-hydrogen) atoms. The van der Waals surface area contributed by atoms with Gasteiger partial charge >= 0.3 is 0 Å². The molecule has 0 saturated carbocycles. The van der Waals surface area contributed by atoms with Gasteiger partial charge in [-0.25, -0.2) is 4.39 Å². The number of pyridine rings is 2. The van der Waals surface area contributed by atoms with Crippen molar-refractivity contribution in [2.24, 2.45) is 5.73 Å². The van der Waals surface area contributed by atoms with Gasteiger partial charge in [0.05, 0.1) is 11.2 Å². The molecule has 2 aromatic heterocycles. The van der Waals surface area contributed by atoms with Crippen LogP contribution in [0.25, 0.3) is 22.2 Å². The first-order valence-corrected chi connectivity index (χ1v) is 6.90. The number of nitrogens with two attached hydrogens (primary N) is 1. The van der Waals surface area contributed by atoms with Crippen molar-refractivity contribution < 1.29 is 4.39 Å². The van der Waals surface area contributed by atoms with Crippen LogP contribution in [0.3, 0.4) is 0 Å². The number of rotatable bonds is 3. The molecule has 0 aliphatic heterocycles. The van der Waals surface area contributed by atoms with Gasteiger partial charge < -0.3 is 5.73 Å². The van der Waals surface area contributed by atoms with Gasteiger partial charge in [-0.15, -0.1) is 0 Å². The zero-order valence-corrected chi connectivity index (χ0v) is 11.8. The van der Waals surface area contributed by atoms with Crippen LogP contribution in [0.2, 0.25) is 0 Å². The number of nitrogens with zero attached hydrogens (tertiary/aromatic N) is 2. The number of fused-ring (bicyclic) bond motifs is 1. The van der Waals surface area contributed by atoms with Crippen LogP contribution >= 0.6 is 0 Å². The fraction of sp³-hybridized carbons (Fsp3) is 0.176. The zero-order valence-electron chi connectivity index (χ0n) is 11.8. The summed E-state index contributed by atoms with van der Waals surface area (Å²) >= 11 is 0. The van der Waals surface area contributed by atoms with Crippen LogP contribution in [0.5, 0.6) is 0 Å². The van der Waals surface area contributed by atoms with Gasteiger partial charge in [-0.05, 0) is 55.3 Å². The molecule has 2 heterocycles. The Morgan fingerprint density at radius 1 is 1.19 bits per heavy atom. The average Bonchev–Trinajstić information content (AvgIpc) is 2.48. The Hall–Kier alpha value is -2.33. The summed E-state index contributed by atoms with van der Waals surface area (Å²) in [6, 6.07) is 8.74. The van der Waals surface area contributed by atoms with E-state index in [2.05, 4.69) is 9.97 Å². The van der Waals surface area contributed by atoms with Crippen molar-refractivity contribution in [3.05, 3.63) is 59.7 Å². The molecule has 0 saturated heterocycles. The Labute approximate surface area is 122 Å². The summed E-state index contributed by atoms with van der Waals surface area (Å²) in [5.41, 5.74) is 10.1. The van der Waals surface area contributed by atoms with Gasteiger partial charge in [0, 0.05) is 23.3 Å². The molecule has 3 nitrogen and oxygen atoms in total. The maximum absolute atomic E-state index is 13.8. The predicted octanol–water partition coefficient (Wildman–Crippen LogP) is 3.25. The molecule has 4 heteroatoms. The van der Waals surface area contributed by atoms with Crippen LogP contribution in [-0.2, 0) is 6.42 Å². The summed E-state index contributed by atoms with van der Waals surface area (Å²) in [5.74, 6) is -0.260. The lowest BCUT2D eigenvalue weighted by Crippen LogP contribution is -2.06. The topological polar surface area (TPSA) is 51.8 Å². The lowest BCUT2D eigenvalue weighted by molar-refractivity contribution is 0.628. The summed E-state index contributed by atoms with van der Waals surface area (Å²) in [4.78, 5) is 8.89. The van der Waals surface area contributed by atoms with E-state index >= 15 is 0 Å². The van der Waals surface area contributed by atoms with Gasteiger partial charge in [-0.3, -0.25) is 9.97 Å². The monoisotopic (exact) mass is 281 g/mol. The van der Waals surface area contributed by atoms with Gasteiger partial charge in [-0.2, -0.15) is 0 Å². The summed E-state index contributed by atoms with van der Waals surface area (Å²) in [5, 5.41) is 0.789. The third-order valence-corrected chi connectivity index (χ3v) is 3.54. The second kappa shape index (κ2) is 5.58. The Balaban J connectivity index is 2.39. The molecule has 2 N–H and O–H groups in total. The van der Waals surface area contributed by atoms with E-state index in [0.29, 0.717) is 13.0 Å². The number of benzene rings is 1. The molecule has 0 aliphatic rings. The van der Waals surface area contributed by atoms with E-state index in [1.54, 1.807) is 6.20 Å². The van der Waals surface area contributed by atoms with E-state index in [1.165, 1.54) is 12.1 Å². The number of hydrogen-bond acceptors (Lipinski definition) is 3. The molecule has 106 valence electrons. The quantitative estimate of drug-likeness (QED) is 0.801. The van der Waals surface area contributed by atoms with E-state index < -0.39 is 0 Å². The molecule has 3 aromatic rings. The predicted molar refractivity (Wildman–Crippen MR) is 82.4 cm³/mol. The molecule has 0 radical (unpaired) electrons. The number of aryl methyl sites for hydroxylation is 1. The highest BCUT2D eigenvalue weighted by Gasteiger charge is 2.14. The Morgan fingerprint density at radius 2 is 2.05 bits per heavy atom.